The molecular formula is C13H19FN2O3. The van der Waals surface area contributed by atoms with Gasteiger partial charge < -0.3 is 20.5 Å². The molecule has 19 heavy (non-hydrogen) atoms. The third-order valence-electron chi connectivity index (χ3n) is 2.55. The molecule has 106 valence electrons. The van der Waals surface area contributed by atoms with Crippen LogP contribution in [0.3, 0.4) is 0 Å². The van der Waals surface area contributed by atoms with Gasteiger partial charge in [0.2, 0.25) is 5.91 Å². The highest BCUT2D eigenvalue weighted by atomic mass is 19.1. The van der Waals surface area contributed by atoms with Gasteiger partial charge in [-0.3, -0.25) is 4.79 Å². The molecule has 1 rings (SSSR count). The molecule has 1 aromatic carbocycles. The Balaban J connectivity index is 2.32. The number of nitrogens with one attached hydrogen (secondary N) is 2. The van der Waals surface area contributed by atoms with Crippen LogP contribution in [0.2, 0.25) is 0 Å². The van der Waals surface area contributed by atoms with Crippen molar-refractivity contribution in [3.63, 3.8) is 0 Å². The van der Waals surface area contributed by atoms with E-state index in [4.69, 9.17) is 9.84 Å². The first-order valence-electron chi connectivity index (χ1n) is 6.02. The second-order valence-electron chi connectivity index (χ2n) is 4.03. The third kappa shape index (κ3) is 5.78. The fourth-order valence-electron chi connectivity index (χ4n) is 1.47. The van der Waals surface area contributed by atoms with Gasteiger partial charge in [-0.25, -0.2) is 4.39 Å². The van der Waals surface area contributed by atoms with E-state index >= 15 is 0 Å². The summed E-state index contributed by atoms with van der Waals surface area (Å²) in [6.45, 7) is 1.26. The van der Waals surface area contributed by atoms with Crippen molar-refractivity contribution >= 4 is 5.91 Å². The number of hydrogen-bond donors (Lipinski definition) is 3. The summed E-state index contributed by atoms with van der Waals surface area (Å²) in [5.41, 5.74) is 0.899. The van der Waals surface area contributed by atoms with Gasteiger partial charge in [-0.1, -0.05) is 12.1 Å². The Labute approximate surface area is 111 Å². The third-order valence-corrected chi connectivity index (χ3v) is 2.55. The van der Waals surface area contributed by atoms with Crippen LogP contribution >= 0.6 is 0 Å². The lowest BCUT2D eigenvalue weighted by Gasteiger charge is -2.07. The second kappa shape index (κ2) is 8.58. The molecule has 0 radical (unpaired) electrons. The number of aliphatic hydroxyl groups is 1. The standard InChI is InChI=1S/C13H19FN2O3/c1-19-5-4-15-8-13(18)16-7-10-2-3-11(9-17)12(14)6-10/h2-3,6,15,17H,4-5,7-9H2,1H3,(H,16,18). The average Bonchev–Trinajstić information content (AvgIpc) is 2.41. The Morgan fingerprint density at radius 3 is 2.89 bits per heavy atom. The van der Waals surface area contributed by atoms with E-state index < -0.39 is 5.82 Å². The molecule has 0 aliphatic carbocycles. The van der Waals surface area contributed by atoms with E-state index in [1.807, 2.05) is 0 Å². The normalized spacial score (nSPS) is 10.5. The number of halogens is 1. The van der Waals surface area contributed by atoms with Crippen molar-refractivity contribution in [2.45, 2.75) is 13.2 Å². The number of benzene rings is 1. The molecule has 0 spiro atoms. The van der Waals surface area contributed by atoms with Gasteiger partial charge in [-0.05, 0) is 11.6 Å². The van der Waals surface area contributed by atoms with E-state index in [9.17, 15) is 9.18 Å². The molecule has 0 atom stereocenters. The van der Waals surface area contributed by atoms with Crippen LogP contribution in [-0.2, 0) is 22.7 Å². The van der Waals surface area contributed by atoms with Crippen LogP contribution in [0, 0.1) is 5.82 Å². The van der Waals surface area contributed by atoms with Crippen LogP contribution in [0.25, 0.3) is 0 Å². The smallest absolute Gasteiger partial charge is 0.234 e. The summed E-state index contributed by atoms with van der Waals surface area (Å²) in [5.74, 6) is -0.629. The van der Waals surface area contributed by atoms with Crippen LogP contribution in [0.1, 0.15) is 11.1 Å². The van der Waals surface area contributed by atoms with Crippen LogP contribution in [-0.4, -0.2) is 37.8 Å². The molecule has 0 aromatic heterocycles. The van der Waals surface area contributed by atoms with E-state index in [2.05, 4.69) is 10.6 Å². The maximum Gasteiger partial charge on any atom is 0.234 e. The lowest BCUT2D eigenvalue weighted by Crippen LogP contribution is -2.34. The quantitative estimate of drug-likeness (QED) is 0.589. The molecule has 0 unspecified atom stereocenters. The molecule has 0 heterocycles. The monoisotopic (exact) mass is 270 g/mol. The number of rotatable bonds is 8. The summed E-state index contributed by atoms with van der Waals surface area (Å²) in [4.78, 5) is 11.4. The lowest BCUT2D eigenvalue weighted by molar-refractivity contribution is -0.120. The highest BCUT2D eigenvalue weighted by Crippen LogP contribution is 2.10. The predicted octanol–water partition coefficient (Wildman–Crippen LogP) is 0.170. The Morgan fingerprint density at radius 1 is 1.47 bits per heavy atom. The lowest BCUT2D eigenvalue weighted by atomic mass is 10.1. The minimum absolute atomic E-state index is 0.164. The van der Waals surface area contributed by atoms with Gasteiger partial charge in [0.15, 0.2) is 0 Å². The summed E-state index contributed by atoms with van der Waals surface area (Å²) in [6, 6.07) is 4.49. The Hall–Kier alpha value is -1.50. The highest BCUT2D eigenvalue weighted by Gasteiger charge is 2.04. The van der Waals surface area contributed by atoms with Crippen molar-refractivity contribution in [1.82, 2.24) is 10.6 Å². The van der Waals surface area contributed by atoms with Crippen molar-refractivity contribution in [2.75, 3.05) is 26.8 Å². The maximum atomic E-state index is 13.4. The van der Waals surface area contributed by atoms with Gasteiger partial charge in [0.1, 0.15) is 5.82 Å². The number of hydrogen-bond acceptors (Lipinski definition) is 4. The number of ether oxygens (including phenoxy) is 1. The van der Waals surface area contributed by atoms with Gasteiger partial charge in [0, 0.05) is 25.8 Å². The maximum absolute atomic E-state index is 13.4. The van der Waals surface area contributed by atoms with Gasteiger partial charge >= 0.3 is 0 Å². The number of methoxy groups -OCH3 is 1. The molecule has 0 saturated heterocycles. The number of amides is 1. The minimum Gasteiger partial charge on any atom is -0.392 e. The molecule has 0 saturated carbocycles. The molecule has 3 N–H and O–H groups in total. The van der Waals surface area contributed by atoms with Crippen molar-refractivity contribution in [2.24, 2.45) is 0 Å². The van der Waals surface area contributed by atoms with Crippen LogP contribution in [0.4, 0.5) is 4.39 Å². The van der Waals surface area contributed by atoms with Crippen LogP contribution in [0.5, 0.6) is 0 Å². The SMILES string of the molecule is COCCNCC(=O)NCc1ccc(CO)c(F)c1. The Kier molecular flexibility index (Phi) is 7.02. The molecular weight excluding hydrogens is 251 g/mol. The van der Waals surface area contributed by atoms with Gasteiger partial charge in [0.05, 0.1) is 19.8 Å². The average molecular weight is 270 g/mol. The van der Waals surface area contributed by atoms with E-state index in [-0.39, 0.29) is 31.2 Å². The summed E-state index contributed by atoms with van der Waals surface area (Å²) in [7, 11) is 1.59. The zero-order valence-electron chi connectivity index (χ0n) is 10.9. The zero-order valence-corrected chi connectivity index (χ0v) is 10.9. The molecule has 6 heteroatoms. The number of aliphatic hydroxyl groups excluding tert-OH is 1. The molecule has 1 aromatic rings. The first kappa shape index (κ1) is 15.6. The van der Waals surface area contributed by atoms with E-state index in [1.54, 1.807) is 13.2 Å². The largest absolute Gasteiger partial charge is 0.392 e. The first-order chi connectivity index (χ1) is 9.17. The van der Waals surface area contributed by atoms with Crippen molar-refractivity contribution in [3.05, 3.63) is 35.1 Å². The van der Waals surface area contributed by atoms with Crippen LogP contribution < -0.4 is 10.6 Å². The summed E-state index contributed by atoms with van der Waals surface area (Å²) >= 11 is 0. The van der Waals surface area contributed by atoms with Crippen molar-refractivity contribution < 1.29 is 19.0 Å². The Morgan fingerprint density at radius 2 is 2.26 bits per heavy atom. The van der Waals surface area contributed by atoms with Gasteiger partial charge in [0.25, 0.3) is 0 Å². The molecule has 5 nitrogen and oxygen atoms in total. The van der Waals surface area contributed by atoms with E-state index in [1.165, 1.54) is 12.1 Å². The van der Waals surface area contributed by atoms with Crippen LogP contribution in [0.15, 0.2) is 18.2 Å². The molecule has 0 bridgehead atoms. The summed E-state index contributed by atoms with van der Waals surface area (Å²) in [6.07, 6.45) is 0. The second-order valence-corrected chi connectivity index (χ2v) is 4.03. The molecule has 1 amide bonds. The number of carbonyl (C=O) groups excluding carboxylic acids is 1. The molecule has 0 fully saturated rings. The Bertz CT molecular complexity index is 413. The first-order valence-corrected chi connectivity index (χ1v) is 6.02. The van der Waals surface area contributed by atoms with Crippen molar-refractivity contribution in [3.8, 4) is 0 Å². The highest BCUT2D eigenvalue weighted by molar-refractivity contribution is 5.77. The zero-order chi connectivity index (χ0) is 14.1. The minimum atomic E-state index is -0.465. The fraction of sp³-hybridized carbons (Fsp3) is 0.462. The van der Waals surface area contributed by atoms with Crippen molar-refractivity contribution in [1.29, 1.82) is 0 Å². The topological polar surface area (TPSA) is 70.6 Å². The van der Waals surface area contributed by atoms with Gasteiger partial charge in [-0.15, -0.1) is 0 Å². The summed E-state index contributed by atoms with van der Waals surface area (Å²) < 4.78 is 18.2. The predicted molar refractivity (Wildman–Crippen MR) is 68.9 cm³/mol. The van der Waals surface area contributed by atoms with E-state index in [0.717, 1.165) is 0 Å². The van der Waals surface area contributed by atoms with E-state index in [0.29, 0.717) is 18.7 Å². The fourth-order valence-corrected chi connectivity index (χ4v) is 1.47. The molecule has 0 aliphatic heterocycles. The summed E-state index contributed by atoms with van der Waals surface area (Å²) in [5, 5.41) is 14.4. The molecule has 0 aliphatic rings. The number of carbonyl (C=O) groups is 1. The van der Waals surface area contributed by atoms with Gasteiger partial charge in [-0.2, -0.15) is 0 Å².